The molecule has 0 aromatic rings. The van der Waals surface area contributed by atoms with Crippen molar-refractivity contribution < 1.29 is 19.4 Å². The van der Waals surface area contributed by atoms with E-state index in [1.165, 1.54) is 0 Å². The number of nitrogens with zero attached hydrogens (tertiary/aromatic N) is 1. The summed E-state index contributed by atoms with van der Waals surface area (Å²) in [7, 11) is 0. The minimum Gasteiger partial charge on any atom is -0.481 e. The Hall–Kier alpha value is -1.52. The molecular weight excluding hydrogens is 234 g/mol. The molecule has 1 saturated carbocycles. The lowest BCUT2D eigenvalue weighted by Gasteiger charge is -2.31. The van der Waals surface area contributed by atoms with Crippen LogP contribution in [0.4, 0.5) is 4.79 Å². The quantitative estimate of drug-likeness (QED) is 0.775. The van der Waals surface area contributed by atoms with Gasteiger partial charge in [-0.25, -0.2) is 4.79 Å². The van der Waals surface area contributed by atoms with Crippen LogP contribution in [0.3, 0.4) is 0 Å². The van der Waals surface area contributed by atoms with Crippen LogP contribution in [0.15, 0.2) is 12.7 Å². The molecule has 2 aliphatic rings. The lowest BCUT2D eigenvalue weighted by Crippen LogP contribution is -2.41. The molecule has 2 rings (SSSR count). The number of likely N-dealkylation sites (tertiary alicyclic amines) is 1. The van der Waals surface area contributed by atoms with Crippen LogP contribution in [-0.2, 0) is 9.53 Å². The van der Waals surface area contributed by atoms with Crippen molar-refractivity contribution in [3.8, 4) is 0 Å². The zero-order chi connectivity index (χ0) is 13.1. The summed E-state index contributed by atoms with van der Waals surface area (Å²) in [6.45, 7) is 5.06. The van der Waals surface area contributed by atoms with Gasteiger partial charge in [0.1, 0.15) is 6.61 Å². The Morgan fingerprint density at radius 2 is 2.17 bits per heavy atom. The van der Waals surface area contributed by atoms with E-state index >= 15 is 0 Å². The number of carboxylic acid groups (broad SMARTS) is 1. The van der Waals surface area contributed by atoms with Gasteiger partial charge in [-0.15, -0.1) is 0 Å². The Morgan fingerprint density at radius 1 is 1.39 bits per heavy atom. The number of carbonyl (C=O) groups is 2. The molecule has 1 saturated heterocycles. The van der Waals surface area contributed by atoms with Crippen molar-refractivity contribution in [3.05, 3.63) is 12.7 Å². The fourth-order valence-electron chi connectivity index (χ4n) is 3.22. The Bertz CT molecular complexity index is 355. The summed E-state index contributed by atoms with van der Waals surface area (Å²) in [6, 6.07) is 0. The molecule has 0 unspecified atom stereocenters. The summed E-state index contributed by atoms with van der Waals surface area (Å²) in [6.07, 6.45) is 3.42. The van der Waals surface area contributed by atoms with Gasteiger partial charge >= 0.3 is 12.1 Å². The number of ether oxygens (including phenoxy) is 1. The molecule has 1 amide bonds. The standard InChI is InChI=1S/C13H19NO4/c1-2-3-18-13(17)14-7-9-4-10(6-12(15)16)11(5-9)8-14/h2,9-11H,1,3-8H2,(H,15,16)/t9-,10-,11+/m0/s1. The molecule has 1 aliphatic heterocycles. The number of rotatable bonds is 4. The molecule has 0 radical (unpaired) electrons. The summed E-state index contributed by atoms with van der Waals surface area (Å²) < 4.78 is 5.02. The topological polar surface area (TPSA) is 66.8 Å². The smallest absolute Gasteiger partial charge is 0.410 e. The number of hydrogen-bond donors (Lipinski definition) is 1. The maximum Gasteiger partial charge on any atom is 0.410 e. The number of hydrogen-bond acceptors (Lipinski definition) is 3. The summed E-state index contributed by atoms with van der Waals surface area (Å²) in [5.74, 6) is 0.221. The van der Waals surface area contributed by atoms with Crippen molar-refractivity contribution in [3.63, 3.8) is 0 Å². The van der Waals surface area contributed by atoms with Crippen LogP contribution in [0.1, 0.15) is 19.3 Å². The zero-order valence-electron chi connectivity index (χ0n) is 10.4. The van der Waals surface area contributed by atoms with Gasteiger partial charge in [0, 0.05) is 19.5 Å². The van der Waals surface area contributed by atoms with Gasteiger partial charge in [0.05, 0.1) is 0 Å². The van der Waals surface area contributed by atoms with Crippen molar-refractivity contribution in [2.75, 3.05) is 19.7 Å². The SMILES string of the molecule is C=CCOC(=O)N1C[C@H]2C[C@@H](CC(=O)O)[C@H](C2)C1. The lowest BCUT2D eigenvalue weighted by molar-refractivity contribution is -0.138. The monoisotopic (exact) mass is 253 g/mol. The minimum atomic E-state index is -0.742. The third kappa shape index (κ3) is 2.83. The Labute approximate surface area is 106 Å². The number of piperidine rings is 1. The summed E-state index contributed by atoms with van der Waals surface area (Å²) in [5, 5.41) is 8.87. The molecule has 5 heteroatoms. The van der Waals surface area contributed by atoms with Gasteiger partial charge in [-0.1, -0.05) is 12.7 Å². The number of aliphatic carboxylic acids is 1. The van der Waals surface area contributed by atoms with Crippen molar-refractivity contribution in [2.24, 2.45) is 17.8 Å². The van der Waals surface area contributed by atoms with Crippen LogP contribution in [0.25, 0.3) is 0 Å². The fourth-order valence-corrected chi connectivity index (χ4v) is 3.22. The van der Waals surface area contributed by atoms with Gasteiger partial charge in [-0.05, 0) is 30.6 Å². The fraction of sp³-hybridized carbons (Fsp3) is 0.692. The molecule has 18 heavy (non-hydrogen) atoms. The maximum absolute atomic E-state index is 11.7. The third-order valence-corrected chi connectivity index (χ3v) is 3.89. The average molecular weight is 253 g/mol. The predicted molar refractivity (Wildman–Crippen MR) is 65.1 cm³/mol. The maximum atomic E-state index is 11.7. The number of carboxylic acids is 1. The number of amides is 1. The first-order valence-corrected chi connectivity index (χ1v) is 6.34. The normalized spacial score (nSPS) is 30.0. The highest BCUT2D eigenvalue weighted by atomic mass is 16.6. The first-order chi connectivity index (χ1) is 8.60. The highest BCUT2D eigenvalue weighted by molar-refractivity contribution is 5.68. The third-order valence-electron chi connectivity index (χ3n) is 3.89. The summed E-state index contributed by atoms with van der Waals surface area (Å²) in [4.78, 5) is 24.2. The number of fused-ring (bicyclic) bond motifs is 2. The van der Waals surface area contributed by atoms with E-state index in [1.807, 2.05) is 0 Å². The van der Waals surface area contributed by atoms with Crippen LogP contribution in [-0.4, -0.2) is 41.8 Å². The van der Waals surface area contributed by atoms with Crippen LogP contribution in [0, 0.1) is 17.8 Å². The summed E-state index contributed by atoms with van der Waals surface area (Å²) >= 11 is 0. The lowest BCUT2D eigenvalue weighted by atomic mass is 9.92. The van der Waals surface area contributed by atoms with E-state index < -0.39 is 5.97 Å². The van der Waals surface area contributed by atoms with Crippen LogP contribution >= 0.6 is 0 Å². The Balaban J connectivity index is 1.91. The molecule has 1 N–H and O–H groups in total. The van der Waals surface area contributed by atoms with Gasteiger partial charge in [-0.3, -0.25) is 4.79 Å². The van der Waals surface area contributed by atoms with Crippen molar-refractivity contribution in [1.82, 2.24) is 4.90 Å². The minimum absolute atomic E-state index is 0.213. The molecule has 1 heterocycles. The Kier molecular flexibility index (Phi) is 3.89. The van der Waals surface area contributed by atoms with Gasteiger partial charge in [0.15, 0.2) is 0 Å². The molecule has 2 bridgehead atoms. The molecule has 100 valence electrons. The van der Waals surface area contributed by atoms with E-state index in [0.717, 1.165) is 12.8 Å². The van der Waals surface area contributed by atoms with E-state index in [1.54, 1.807) is 11.0 Å². The molecule has 3 atom stereocenters. The molecule has 2 fully saturated rings. The second kappa shape index (κ2) is 5.42. The first kappa shape index (κ1) is 12.9. The molecule has 5 nitrogen and oxygen atoms in total. The van der Waals surface area contributed by atoms with Crippen molar-refractivity contribution >= 4 is 12.1 Å². The average Bonchev–Trinajstić information content (AvgIpc) is 2.60. The molecule has 0 spiro atoms. The van der Waals surface area contributed by atoms with Crippen LogP contribution < -0.4 is 0 Å². The van der Waals surface area contributed by atoms with Crippen molar-refractivity contribution in [1.29, 1.82) is 0 Å². The van der Waals surface area contributed by atoms with E-state index in [-0.39, 0.29) is 25.0 Å². The second-order valence-corrected chi connectivity index (χ2v) is 5.23. The van der Waals surface area contributed by atoms with E-state index in [2.05, 4.69) is 6.58 Å². The van der Waals surface area contributed by atoms with Gasteiger partial charge in [-0.2, -0.15) is 0 Å². The van der Waals surface area contributed by atoms with Gasteiger partial charge in [0.25, 0.3) is 0 Å². The molecule has 0 aromatic heterocycles. The van der Waals surface area contributed by atoms with E-state index in [9.17, 15) is 9.59 Å². The largest absolute Gasteiger partial charge is 0.481 e. The molecule has 1 aliphatic carbocycles. The van der Waals surface area contributed by atoms with E-state index in [0.29, 0.717) is 24.9 Å². The predicted octanol–water partition coefficient (Wildman–Crippen LogP) is 1.74. The van der Waals surface area contributed by atoms with Gasteiger partial charge < -0.3 is 14.7 Å². The zero-order valence-corrected chi connectivity index (χ0v) is 10.4. The van der Waals surface area contributed by atoms with Crippen LogP contribution in [0.2, 0.25) is 0 Å². The number of carbonyl (C=O) groups excluding carboxylic acids is 1. The van der Waals surface area contributed by atoms with Gasteiger partial charge in [0.2, 0.25) is 0 Å². The molecule has 0 aromatic carbocycles. The summed E-state index contributed by atoms with van der Waals surface area (Å²) in [5.41, 5.74) is 0. The highest BCUT2D eigenvalue weighted by Crippen LogP contribution is 2.42. The molecular formula is C13H19NO4. The second-order valence-electron chi connectivity index (χ2n) is 5.23. The van der Waals surface area contributed by atoms with Crippen molar-refractivity contribution in [2.45, 2.75) is 19.3 Å². The first-order valence-electron chi connectivity index (χ1n) is 6.34. The Morgan fingerprint density at radius 3 is 2.83 bits per heavy atom. The van der Waals surface area contributed by atoms with E-state index in [4.69, 9.17) is 9.84 Å². The highest BCUT2D eigenvalue weighted by Gasteiger charge is 2.42. The van der Waals surface area contributed by atoms with Crippen LogP contribution in [0.5, 0.6) is 0 Å².